The maximum absolute atomic E-state index is 8.83. The van der Waals surface area contributed by atoms with E-state index in [1.807, 2.05) is 12.1 Å². The molecule has 0 radical (unpaired) electrons. The molecule has 0 aliphatic rings. The van der Waals surface area contributed by atoms with Crippen LogP contribution in [0.2, 0.25) is 0 Å². The average Bonchev–Trinajstić information content (AvgIpc) is 2.60. The highest BCUT2D eigenvalue weighted by molar-refractivity contribution is 5.96. The second kappa shape index (κ2) is 7.56. The molecule has 0 saturated carbocycles. The number of nitrogens with one attached hydrogen (secondary N) is 1. The first-order valence-electron chi connectivity index (χ1n) is 8.37. The lowest BCUT2D eigenvalue weighted by Gasteiger charge is -2.39. The molecule has 0 bridgehead atoms. The van der Waals surface area contributed by atoms with Crippen molar-refractivity contribution in [2.75, 3.05) is 14.1 Å². The molecular formula is C21H28N2. The van der Waals surface area contributed by atoms with Gasteiger partial charge in [0.1, 0.15) is 0 Å². The smallest absolute Gasteiger partial charge is 0.0592 e. The Balaban J connectivity index is 2.66. The van der Waals surface area contributed by atoms with Crippen molar-refractivity contribution < 1.29 is 0 Å². The second-order valence-corrected chi connectivity index (χ2v) is 6.49. The standard InChI is InChI=1S/C21H28N2/c1-5-20(22)21(16-17(2)23(3)4,18-12-8-6-9-13-18)19-14-10-7-11-15-19/h6-15,17,22H,5,16H2,1-4H3/t17-/m0/s1. The summed E-state index contributed by atoms with van der Waals surface area (Å²) >= 11 is 0. The van der Waals surface area contributed by atoms with Crippen LogP contribution < -0.4 is 0 Å². The van der Waals surface area contributed by atoms with E-state index in [1.54, 1.807) is 0 Å². The van der Waals surface area contributed by atoms with Crippen molar-refractivity contribution in [3.8, 4) is 0 Å². The molecule has 0 aliphatic heterocycles. The average molecular weight is 308 g/mol. The summed E-state index contributed by atoms with van der Waals surface area (Å²) in [6.07, 6.45) is 1.66. The molecule has 1 atom stereocenters. The molecule has 2 rings (SSSR count). The quantitative estimate of drug-likeness (QED) is 0.735. The highest BCUT2D eigenvalue weighted by Crippen LogP contribution is 2.39. The molecule has 0 aromatic heterocycles. The van der Waals surface area contributed by atoms with Gasteiger partial charge in [0.05, 0.1) is 5.41 Å². The van der Waals surface area contributed by atoms with Gasteiger partial charge in [0.2, 0.25) is 0 Å². The summed E-state index contributed by atoms with van der Waals surface area (Å²) in [6.45, 7) is 4.33. The predicted octanol–water partition coefficient (Wildman–Crippen LogP) is 4.74. The topological polar surface area (TPSA) is 27.1 Å². The van der Waals surface area contributed by atoms with Gasteiger partial charge in [-0.1, -0.05) is 67.6 Å². The third kappa shape index (κ3) is 3.53. The molecule has 2 aromatic carbocycles. The lowest BCUT2D eigenvalue weighted by molar-refractivity contribution is 0.277. The molecular weight excluding hydrogens is 280 g/mol. The van der Waals surface area contributed by atoms with Crippen LogP contribution in [0.3, 0.4) is 0 Å². The van der Waals surface area contributed by atoms with Gasteiger partial charge in [-0.05, 0) is 45.0 Å². The Morgan fingerprint density at radius 3 is 1.74 bits per heavy atom. The molecule has 2 nitrogen and oxygen atoms in total. The van der Waals surface area contributed by atoms with E-state index in [2.05, 4.69) is 81.4 Å². The Morgan fingerprint density at radius 2 is 1.39 bits per heavy atom. The van der Waals surface area contributed by atoms with Crippen molar-refractivity contribution in [3.05, 3.63) is 71.8 Å². The van der Waals surface area contributed by atoms with Crippen LogP contribution >= 0.6 is 0 Å². The Hall–Kier alpha value is -1.93. The summed E-state index contributed by atoms with van der Waals surface area (Å²) in [4.78, 5) is 2.24. The summed E-state index contributed by atoms with van der Waals surface area (Å²) in [6, 6.07) is 21.5. The first kappa shape index (κ1) is 17.4. The van der Waals surface area contributed by atoms with Crippen molar-refractivity contribution in [3.63, 3.8) is 0 Å². The van der Waals surface area contributed by atoms with E-state index in [1.165, 1.54) is 11.1 Å². The van der Waals surface area contributed by atoms with Gasteiger partial charge in [-0.25, -0.2) is 0 Å². The Morgan fingerprint density at radius 1 is 0.957 bits per heavy atom. The van der Waals surface area contributed by atoms with Crippen LogP contribution in [0.25, 0.3) is 0 Å². The maximum Gasteiger partial charge on any atom is 0.0592 e. The zero-order chi connectivity index (χ0) is 16.9. The van der Waals surface area contributed by atoms with Crippen molar-refractivity contribution >= 4 is 5.71 Å². The number of rotatable bonds is 7. The minimum absolute atomic E-state index is 0.360. The van der Waals surface area contributed by atoms with Gasteiger partial charge >= 0.3 is 0 Å². The van der Waals surface area contributed by atoms with Gasteiger partial charge in [-0.15, -0.1) is 0 Å². The molecule has 0 unspecified atom stereocenters. The lowest BCUT2D eigenvalue weighted by Crippen LogP contribution is -2.42. The molecule has 0 aliphatic carbocycles. The van der Waals surface area contributed by atoms with Crippen LogP contribution in [-0.4, -0.2) is 30.7 Å². The summed E-state index contributed by atoms with van der Waals surface area (Å²) in [5, 5.41) is 8.83. The molecule has 0 heterocycles. The number of hydrogen-bond donors (Lipinski definition) is 1. The van der Waals surface area contributed by atoms with Crippen LogP contribution in [0, 0.1) is 5.41 Å². The highest BCUT2D eigenvalue weighted by atomic mass is 15.1. The van der Waals surface area contributed by atoms with E-state index >= 15 is 0 Å². The third-order valence-corrected chi connectivity index (χ3v) is 4.89. The molecule has 122 valence electrons. The Kier molecular flexibility index (Phi) is 5.73. The van der Waals surface area contributed by atoms with E-state index in [9.17, 15) is 0 Å². The zero-order valence-electron chi connectivity index (χ0n) is 14.7. The largest absolute Gasteiger partial charge is 0.308 e. The van der Waals surface area contributed by atoms with Crippen molar-refractivity contribution in [1.82, 2.24) is 4.90 Å². The van der Waals surface area contributed by atoms with Crippen LogP contribution in [0.15, 0.2) is 60.7 Å². The van der Waals surface area contributed by atoms with Gasteiger partial charge in [0, 0.05) is 11.8 Å². The third-order valence-electron chi connectivity index (χ3n) is 4.89. The monoisotopic (exact) mass is 308 g/mol. The van der Waals surface area contributed by atoms with Crippen molar-refractivity contribution in [1.29, 1.82) is 5.41 Å². The highest BCUT2D eigenvalue weighted by Gasteiger charge is 2.39. The van der Waals surface area contributed by atoms with Crippen LogP contribution in [0.4, 0.5) is 0 Å². The van der Waals surface area contributed by atoms with E-state index in [0.29, 0.717) is 6.04 Å². The molecule has 2 heteroatoms. The Labute approximate surface area is 140 Å². The van der Waals surface area contributed by atoms with Crippen LogP contribution in [0.5, 0.6) is 0 Å². The van der Waals surface area contributed by atoms with E-state index < -0.39 is 0 Å². The summed E-state index contributed by atoms with van der Waals surface area (Å²) in [5.41, 5.74) is 2.85. The maximum atomic E-state index is 8.83. The Bertz CT molecular complexity index is 577. The first-order valence-corrected chi connectivity index (χ1v) is 8.37. The van der Waals surface area contributed by atoms with E-state index in [-0.39, 0.29) is 5.41 Å². The minimum Gasteiger partial charge on any atom is -0.308 e. The van der Waals surface area contributed by atoms with Crippen molar-refractivity contribution in [2.24, 2.45) is 0 Å². The van der Waals surface area contributed by atoms with Gasteiger partial charge in [0.25, 0.3) is 0 Å². The molecule has 1 N–H and O–H groups in total. The molecule has 0 spiro atoms. The fraction of sp³-hybridized carbons (Fsp3) is 0.381. The molecule has 2 aromatic rings. The summed E-state index contributed by atoms with van der Waals surface area (Å²) in [5.74, 6) is 0. The summed E-state index contributed by atoms with van der Waals surface area (Å²) in [7, 11) is 4.22. The van der Waals surface area contributed by atoms with Gasteiger partial charge in [-0.2, -0.15) is 0 Å². The molecule has 0 amide bonds. The molecule has 23 heavy (non-hydrogen) atoms. The second-order valence-electron chi connectivity index (χ2n) is 6.49. The predicted molar refractivity (Wildman–Crippen MR) is 99.4 cm³/mol. The lowest BCUT2D eigenvalue weighted by atomic mass is 9.66. The van der Waals surface area contributed by atoms with Crippen LogP contribution in [-0.2, 0) is 5.41 Å². The van der Waals surface area contributed by atoms with Gasteiger partial charge in [-0.3, -0.25) is 0 Å². The zero-order valence-corrected chi connectivity index (χ0v) is 14.7. The minimum atomic E-state index is -0.360. The number of nitrogens with zero attached hydrogens (tertiary/aromatic N) is 1. The normalized spacial score (nSPS) is 13.1. The van der Waals surface area contributed by atoms with Gasteiger partial charge < -0.3 is 10.3 Å². The van der Waals surface area contributed by atoms with Crippen molar-refractivity contribution in [2.45, 2.75) is 38.1 Å². The van der Waals surface area contributed by atoms with Crippen LogP contribution in [0.1, 0.15) is 37.8 Å². The first-order chi connectivity index (χ1) is 11.0. The SMILES string of the molecule is CCC(=N)C(C[C@H](C)N(C)C)(c1ccccc1)c1ccccc1. The molecule has 0 fully saturated rings. The van der Waals surface area contributed by atoms with E-state index in [0.717, 1.165) is 18.6 Å². The molecule has 0 saturated heterocycles. The fourth-order valence-electron chi connectivity index (χ4n) is 3.25. The number of hydrogen-bond acceptors (Lipinski definition) is 2. The van der Waals surface area contributed by atoms with Gasteiger partial charge in [0.15, 0.2) is 0 Å². The number of benzene rings is 2. The summed E-state index contributed by atoms with van der Waals surface area (Å²) < 4.78 is 0. The fourth-order valence-corrected chi connectivity index (χ4v) is 3.25. The van der Waals surface area contributed by atoms with E-state index in [4.69, 9.17) is 5.41 Å².